The van der Waals surface area contributed by atoms with E-state index in [-0.39, 0.29) is 11.8 Å². The summed E-state index contributed by atoms with van der Waals surface area (Å²) in [5, 5.41) is 0.916. The van der Waals surface area contributed by atoms with E-state index in [1.54, 1.807) is 30.5 Å². The van der Waals surface area contributed by atoms with E-state index >= 15 is 0 Å². The molecule has 1 aliphatic rings. The van der Waals surface area contributed by atoms with Crippen molar-refractivity contribution in [3.05, 3.63) is 47.7 Å². The molecule has 88 valence electrons. The number of carbonyl (C=O) groups is 2. The monoisotopic (exact) mass is 293 g/mol. The first-order chi connectivity index (χ1) is 8.25. The van der Waals surface area contributed by atoms with Gasteiger partial charge in [-0.1, -0.05) is 34.1 Å². The van der Waals surface area contributed by atoms with Gasteiger partial charge in [0.05, 0.1) is 11.1 Å². The quantitative estimate of drug-likeness (QED) is 0.486. The van der Waals surface area contributed by atoms with Crippen LogP contribution in [0.25, 0.3) is 0 Å². The lowest BCUT2D eigenvalue weighted by atomic mass is 10.1. The van der Waals surface area contributed by atoms with Crippen LogP contribution in [-0.4, -0.2) is 22.0 Å². The highest BCUT2D eigenvalue weighted by molar-refractivity contribution is 9.09. The number of rotatable bonds is 4. The summed E-state index contributed by atoms with van der Waals surface area (Å²) in [6.07, 6.45) is 5.26. The number of benzene rings is 1. The number of unbranched alkanes of at least 4 members (excludes halogenated alkanes) is 1. The highest BCUT2D eigenvalue weighted by atomic mass is 79.9. The Labute approximate surface area is 108 Å². The zero-order valence-electron chi connectivity index (χ0n) is 9.23. The van der Waals surface area contributed by atoms with E-state index in [0.717, 1.165) is 18.2 Å². The maximum absolute atomic E-state index is 11.9. The highest BCUT2D eigenvalue weighted by Gasteiger charge is 2.33. The van der Waals surface area contributed by atoms with Gasteiger partial charge >= 0.3 is 0 Å². The normalized spacial score (nSPS) is 14.8. The summed E-state index contributed by atoms with van der Waals surface area (Å²) in [4.78, 5) is 25.0. The number of alkyl halides is 1. The molecule has 2 rings (SSSR count). The third-order valence-corrected chi connectivity index (χ3v) is 3.15. The molecule has 0 saturated heterocycles. The SMILES string of the molecule is O=C1c2ccccc2C(=O)N1C=CCCCBr. The lowest BCUT2D eigenvalue weighted by Gasteiger charge is -2.06. The molecule has 1 aromatic carbocycles. The molecule has 0 aliphatic carbocycles. The molecule has 3 nitrogen and oxygen atoms in total. The summed E-state index contributed by atoms with van der Waals surface area (Å²) in [6.45, 7) is 0. The van der Waals surface area contributed by atoms with Gasteiger partial charge < -0.3 is 0 Å². The van der Waals surface area contributed by atoms with Crippen LogP contribution in [0.15, 0.2) is 36.5 Å². The Kier molecular flexibility index (Phi) is 3.74. The Balaban J connectivity index is 2.16. The second kappa shape index (κ2) is 5.27. The van der Waals surface area contributed by atoms with Crippen molar-refractivity contribution in [2.75, 3.05) is 5.33 Å². The predicted octanol–water partition coefficient (Wildman–Crippen LogP) is 2.97. The van der Waals surface area contributed by atoms with Crippen LogP contribution >= 0.6 is 15.9 Å². The van der Waals surface area contributed by atoms with Gasteiger partial charge in [0.2, 0.25) is 0 Å². The number of hydrogen-bond acceptors (Lipinski definition) is 2. The molecular formula is C13H12BrNO2. The number of amides is 2. The van der Waals surface area contributed by atoms with E-state index in [9.17, 15) is 9.59 Å². The van der Waals surface area contributed by atoms with Crippen LogP contribution in [0, 0.1) is 0 Å². The summed E-state index contributed by atoms with van der Waals surface area (Å²) in [7, 11) is 0. The Morgan fingerprint density at radius 1 is 1.12 bits per heavy atom. The molecule has 0 unspecified atom stereocenters. The van der Waals surface area contributed by atoms with E-state index in [1.165, 1.54) is 4.90 Å². The van der Waals surface area contributed by atoms with Crippen LogP contribution in [0.1, 0.15) is 33.6 Å². The minimum absolute atomic E-state index is 0.235. The molecule has 1 heterocycles. The minimum atomic E-state index is -0.235. The molecule has 17 heavy (non-hydrogen) atoms. The molecule has 0 aromatic heterocycles. The van der Waals surface area contributed by atoms with Crippen LogP contribution in [0.4, 0.5) is 0 Å². The first kappa shape index (κ1) is 12.0. The zero-order valence-corrected chi connectivity index (χ0v) is 10.8. The molecule has 0 bridgehead atoms. The lowest BCUT2D eigenvalue weighted by molar-refractivity contribution is 0.0721. The molecule has 4 heteroatoms. The predicted molar refractivity (Wildman–Crippen MR) is 69.1 cm³/mol. The number of allylic oxidation sites excluding steroid dienone is 1. The first-order valence-corrected chi connectivity index (χ1v) is 6.57. The maximum atomic E-state index is 11.9. The molecule has 1 aromatic rings. The van der Waals surface area contributed by atoms with Crippen LogP contribution in [0.2, 0.25) is 0 Å². The van der Waals surface area contributed by atoms with Gasteiger partial charge in [0, 0.05) is 11.5 Å². The van der Waals surface area contributed by atoms with Gasteiger partial charge in [0.15, 0.2) is 0 Å². The van der Waals surface area contributed by atoms with Gasteiger partial charge in [0.25, 0.3) is 11.8 Å². The number of hydrogen-bond donors (Lipinski definition) is 0. The van der Waals surface area contributed by atoms with Gasteiger partial charge in [0.1, 0.15) is 0 Å². The van der Waals surface area contributed by atoms with Crippen molar-refractivity contribution in [3.8, 4) is 0 Å². The molecule has 0 radical (unpaired) electrons. The molecule has 1 aliphatic heterocycles. The molecule has 0 fully saturated rings. The molecular weight excluding hydrogens is 282 g/mol. The van der Waals surface area contributed by atoms with Crippen molar-refractivity contribution < 1.29 is 9.59 Å². The summed E-state index contributed by atoms with van der Waals surface area (Å²) >= 11 is 3.33. The summed E-state index contributed by atoms with van der Waals surface area (Å²) < 4.78 is 0. The topological polar surface area (TPSA) is 37.4 Å². The van der Waals surface area contributed by atoms with Crippen molar-refractivity contribution in [1.82, 2.24) is 4.90 Å². The molecule has 2 amide bonds. The standard InChI is InChI=1S/C13H12BrNO2/c14-8-4-1-5-9-15-12(16)10-6-2-3-7-11(10)13(15)17/h2-3,5-7,9H,1,4,8H2. The zero-order chi connectivity index (χ0) is 12.3. The average molecular weight is 294 g/mol. The van der Waals surface area contributed by atoms with E-state index in [2.05, 4.69) is 15.9 Å². The largest absolute Gasteiger partial charge is 0.268 e. The Hall–Kier alpha value is -1.42. The Bertz CT molecular complexity index is 447. The fraction of sp³-hybridized carbons (Fsp3) is 0.231. The molecule has 0 N–H and O–H groups in total. The van der Waals surface area contributed by atoms with Crippen LogP contribution < -0.4 is 0 Å². The highest BCUT2D eigenvalue weighted by Crippen LogP contribution is 2.22. The van der Waals surface area contributed by atoms with Crippen LogP contribution in [-0.2, 0) is 0 Å². The lowest BCUT2D eigenvalue weighted by Crippen LogP contribution is -2.23. The minimum Gasteiger partial charge on any atom is -0.268 e. The first-order valence-electron chi connectivity index (χ1n) is 5.45. The van der Waals surface area contributed by atoms with Gasteiger partial charge in [-0.05, 0) is 25.0 Å². The summed E-state index contributed by atoms with van der Waals surface area (Å²) in [6, 6.07) is 6.90. The van der Waals surface area contributed by atoms with Crippen LogP contribution in [0.5, 0.6) is 0 Å². The number of imide groups is 1. The van der Waals surface area contributed by atoms with E-state index in [0.29, 0.717) is 11.1 Å². The van der Waals surface area contributed by atoms with Crippen molar-refractivity contribution in [1.29, 1.82) is 0 Å². The third kappa shape index (κ3) is 2.31. The summed E-state index contributed by atoms with van der Waals surface area (Å²) in [5.74, 6) is -0.471. The van der Waals surface area contributed by atoms with Gasteiger partial charge in [-0.25, -0.2) is 4.90 Å². The molecule has 0 spiro atoms. The smallest absolute Gasteiger partial charge is 0.265 e. The Morgan fingerprint density at radius 3 is 2.24 bits per heavy atom. The second-order valence-corrected chi connectivity index (χ2v) is 4.53. The van der Waals surface area contributed by atoms with Crippen molar-refractivity contribution >= 4 is 27.7 Å². The second-order valence-electron chi connectivity index (χ2n) is 3.74. The average Bonchev–Trinajstić information content (AvgIpc) is 2.60. The fourth-order valence-corrected chi connectivity index (χ4v) is 2.04. The van der Waals surface area contributed by atoms with Crippen LogP contribution in [0.3, 0.4) is 0 Å². The van der Waals surface area contributed by atoms with Crippen molar-refractivity contribution in [2.24, 2.45) is 0 Å². The Morgan fingerprint density at radius 2 is 1.71 bits per heavy atom. The third-order valence-electron chi connectivity index (χ3n) is 2.58. The van der Waals surface area contributed by atoms with Crippen molar-refractivity contribution in [2.45, 2.75) is 12.8 Å². The number of nitrogens with zero attached hydrogens (tertiary/aromatic N) is 1. The van der Waals surface area contributed by atoms with E-state index in [4.69, 9.17) is 0 Å². The van der Waals surface area contributed by atoms with Gasteiger partial charge in [-0.2, -0.15) is 0 Å². The van der Waals surface area contributed by atoms with Gasteiger partial charge in [-0.15, -0.1) is 0 Å². The number of fused-ring (bicyclic) bond motifs is 1. The number of halogens is 1. The fourth-order valence-electron chi connectivity index (χ4n) is 1.72. The molecule has 0 atom stereocenters. The molecule has 0 saturated carbocycles. The van der Waals surface area contributed by atoms with E-state index in [1.807, 2.05) is 6.08 Å². The maximum Gasteiger partial charge on any atom is 0.265 e. The van der Waals surface area contributed by atoms with E-state index < -0.39 is 0 Å². The van der Waals surface area contributed by atoms with Gasteiger partial charge in [-0.3, -0.25) is 9.59 Å². The number of carbonyl (C=O) groups excluding carboxylic acids is 2. The summed E-state index contributed by atoms with van der Waals surface area (Å²) in [5.41, 5.74) is 0.977. The van der Waals surface area contributed by atoms with Crippen molar-refractivity contribution in [3.63, 3.8) is 0 Å².